The van der Waals surface area contributed by atoms with Crippen molar-refractivity contribution in [1.29, 1.82) is 0 Å². The lowest BCUT2D eigenvalue weighted by Gasteiger charge is -2.32. The number of amides is 3. The summed E-state index contributed by atoms with van der Waals surface area (Å²) in [5, 5.41) is 2.96. The van der Waals surface area contributed by atoms with Crippen LogP contribution >= 0.6 is 0 Å². The molecule has 2 heterocycles. The van der Waals surface area contributed by atoms with Crippen LogP contribution in [0.5, 0.6) is 5.75 Å². The van der Waals surface area contributed by atoms with E-state index in [2.05, 4.69) is 34.5 Å². The average molecular weight is 451 g/mol. The number of methoxy groups -OCH3 is 1. The molecule has 7 nitrogen and oxygen atoms in total. The van der Waals surface area contributed by atoms with Crippen molar-refractivity contribution in [3.05, 3.63) is 59.7 Å². The molecule has 2 fully saturated rings. The fourth-order valence-electron chi connectivity index (χ4n) is 4.94. The molecule has 7 heteroatoms. The van der Waals surface area contributed by atoms with Crippen molar-refractivity contribution in [2.24, 2.45) is 0 Å². The lowest BCUT2D eigenvalue weighted by Crippen LogP contribution is -2.44. The molecule has 2 saturated heterocycles. The van der Waals surface area contributed by atoms with E-state index in [1.54, 1.807) is 7.11 Å². The van der Waals surface area contributed by atoms with Crippen LogP contribution in [-0.2, 0) is 16.9 Å². The number of urea groups is 1. The average Bonchev–Trinajstić information content (AvgIpc) is 3.10. The second-order valence-corrected chi connectivity index (χ2v) is 8.98. The molecule has 0 aliphatic carbocycles. The molecular weight excluding hydrogens is 416 g/mol. The van der Waals surface area contributed by atoms with Gasteiger partial charge < -0.3 is 15.0 Å². The molecule has 1 atom stereocenters. The molecule has 2 aliphatic rings. The lowest BCUT2D eigenvalue weighted by atomic mass is 9.87. The zero-order valence-electron chi connectivity index (χ0n) is 19.8. The Bertz CT molecular complexity index is 987. The Morgan fingerprint density at radius 1 is 1.03 bits per heavy atom. The van der Waals surface area contributed by atoms with Gasteiger partial charge >= 0.3 is 6.03 Å². The van der Waals surface area contributed by atoms with E-state index in [-0.39, 0.29) is 18.6 Å². The summed E-state index contributed by atoms with van der Waals surface area (Å²) in [5.74, 6) is 0.502. The monoisotopic (exact) mass is 450 g/mol. The number of hydrogen-bond donors (Lipinski definition) is 1. The number of imide groups is 1. The molecule has 1 N–H and O–H groups in total. The van der Waals surface area contributed by atoms with Crippen molar-refractivity contribution in [2.75, 3.05) is 38.8 Å². The van der Waals surface area contributed by atoms with Crippen LogP contribution in [0.4, 0.5) is 10.5 Å². The van der Waals surface area contributed by atoms with Gasteiger partial charge in [0.25, 0.3) is 5.91 Å². The van der Waals surface area contributed by atoms with Crippen LogP contribution in [-0.4, -0.2) is 55.7 Å². The zero-order chi connectivity index (χ0) is 23.4. The highest BCUT2D eigenvalue weighted by atomic mass is 16.5. The van der Waals surface area contributed by atoms with E-state index in [0.29, 0.717) is 18.7 Å². The molecule has 33 heavy (non-hydrogen) atoms. The summed E-state index contributed by atoms with van der Waals surface area (Å²) in [4.78, 5) is 32.2. The van der Waals surface area contributed by atoms with E-state index >= 15 is 0 Å². The van der Waals surface area contributed by atoms with Crippen molar-refractivity contribution < 1.29 is 14.3 Å². The molecule has 3 amide bonds. The molecule has 0 aromatic heterocycles. The number of benzene rings is 2. The maximum absolute atomic E-state index is 13.5. The molecule has 2 aromatic carbocycles. The number of para-hydroxylation sites is 1. The maximum Gasteiger partial charge on any atom is 0.326 e. The van der Waals surface area contributed by atoms with E-state index in [1.165, 1.54) is 35.4 Å². The minimum absolute atomic E-state index is 0.212. The second-order valence-electron chi connectivity index (χ2n) is 8.98. The fourth-order valence-corrected chi connectivity index (χ4v) is 4.94. The smallest absolute Gasteiger partial charge is 0.326 e. The van der Waals surface area contributed by atoms with Crippen LogP contribution in [0.15, 0.2) is 48.5 Å². The Labute approximate surface area is 196 Å². The number of carbonyl (C=O) groups excluding carboxylic acids is 2. The highest BCUT2D eigenvalue weighted by molar-refractivity contribution is 6.07. The predicted molar refractivity (Wildman–Crippen MR) is 129 cm³/mol. The van der Waals surface area contributed by atoms with E-state index < -0.39 is 5.54 Å². The topological polar surface area (TPSA) is 65.1 Å². The van der Waals surface area contributed by atoms with Crippen molar-refractivity contribution in [2.45, 2.75) is 44.7 Å². The molecule has 0 spiro atoms. The van der Waals surface area contributed by atoms with Gasteiger partial charge in [-0.25, -0.2) is 9.69 Å². The van der Waals surface area contributed by atoms with Gasteiger partial charge in [-0.05, 0) is 62.1 Å². The summed E-state index contributed by atoms with van der Waals surface area (Å²) in [7, 11) is 3.56. The first-order valence-corrected chi connectivity index (χ1v) is 11.8. The normalized spacial score (nSPS) is 21.0. The largest absolute Gasteiger partial charge is 0.497 e. The number of piperidine rings is 1. The maximum atomic E-state index is 13.5. The van der Waals surface area contributed by atoms with Crippen LogP contribution < -0.4 is 15.0 Å². The van der Waals surface area contributed by atoms with Crippen molar-refractivity contribution in [3.8, 4) is 5.75 Å². The Hall–Kier alpha value is -3.06. The molecule has 0 radical (unpaired) electrons. The van der Waals surface area contributed by atoms with E-state index in [4.69, 9.17) is 4.74 Å². The summed E-state index contributed by atoms with van der Waals surface area (Å²) in [6.45, 7) is 4.97. The highest BCUT2D eigenvalue weighted by Gasteiger charge is 2.51. The molecule has 0 bridgehead atoms. The minimum Gasteiger partial charge on any atom is -0.497 e. The highest BCUT2D eigenvalue weighted by Crippen LogP contribution is 2.33. The quantitative estimate of drug-likeness (QED) is 0.618. The molecule has 0 saturated carbocycles. The van der Waals surface area contributed by atoms with Gasteiger partial charge in [-0.2, -0.15) is 0 Å². The summed E-state index contributed by atoms with van der Waals surface area (Å²) >= 11 is 0. The van der Waals surface area contributed by atoms with E-state index in [0.717, 1.165) is 18.7 Å². The summed E-state index contributed by atoms with van der Waals surface area (Å²) < 4.78 is 5.24. The van der Waals surface area contributed by atoms with Crippen molar-refractivity contribution in [3.63, 3.8) is 0 Å². The molecular formula is C26H34N4O3. The third-order valence-corrected chi connectivity index (χ3v) is 6.80. The molecule has 1 unspecified atom stereocenters. The number of nitrogens with one attached hydrogen (secondary N) is 1. The van der Waals surface area contributed by atoms with Gasteiger partial charge in [0.1, 0.15) is 11.3 Å². The number of rotatable bonds is 8. The van der Waals surface area contributed by atoms with Crippen LogP contribution in [0.25, 0.3) is 0 Å². The first-order valence-electron chi connectivity index (χ1n) is 11.8. The Morgan fingerprint density at radius 2 is 1.73 bits per heavy atom. The Kier molecular flexibility index (Phi) is 6.88. The SMILES string of the molecule is CCC1(c2ccc(OC)cc2)NC(=O)N(CN(C)Cc2ccccc2N2CCCCC2)C1=O. The van der Waals surface area contributed by atoms with Gasteiger partial charge in [0.05, 0.1) is 13.8 Å². The van der Waals surface area contributed by atoms with Gasteiger partial charge in [-0.15, -0.1) is 0 Å². The number of ether oxygens (including phenoxy) is 1. The number of anilines is 1. The molecule has 176 valence electrons. The summed E-state index contributed by atoms with van der Waals surface area (Å²) in [6, 6.07) is 15.4. The molecule has 2 aliphatic heterocycles. The van der Waals surface area contributed by atoms with Crippen molar-refractivity contribution in [1.82, 2.24) is 15.1 Å². The minimum atomic E-state index is -1.05. The van der Waals surface area contributed by atoms with Crippen LogP contribution in [0.3, 0.4) is 0 Å². The number of nitrogens with zero attached hydrogens (tertiary/aromatic N) is 3. The fraction of sp³-hybridized carbons (Fsp3) is 0.462. The lowest BCUT2D eigenvalue weighted by molar-refractivity contribution is -0.133. The van der Waals surface area contributed by atoms with E-state index in [9.17, 15) is 9.59 Å². The number of hydrogen-bond acceptors (Lipinski definition) is 5. The zero-order valence-corrected chi connectivity index (χ0v) is 19.8. The van der Waals surface area contributed by atoms with Crippen molar-refractivity contribution >= 4 is 17.6 Å². The standard InChI is InChI=1S/C26H34N4O3/c1-4-26(21-12-14-22(33-3)15-13-21)24(31)30(25(32)27-26)19-28(2)18-20-10-6-7-11-23(20)29-16-8-5-9-17-29/h6-7,10-15H,4-5,8-9,16-19H2,1-3H3,(H,27,32). The van der Waals surface area contributed by atoms with Gasteiger partial charge in [0.15, 0.2) is 0 Å². The van der Waals surface area contributed by atoms with Crippen LogP contribution in [0.2, 0.25) is 0 Å². The van der Waals surface area contributed by atoms with Gasteiger partial charge in [-0.3, -0.25) is 9.69 Å². The third-order valence-electron chi connectivity index (χ3n) is 6.80. The van der Waals surface area contributed by atoms with Gasteiger partial charge in [-0.1, -0.05) is 37.3 Å². The Morgan fingerprint density at radius 3 is 2.39 bits per heavy atom. The Balaban J connectivity index is 1.49. The van der Waals surface area contributed by atoms with Crippen LogP contribution in [0.1, 0.15) is 43.7 Å². The predicted octanol–water partition coefficient (Wildman–Crippen LogP) is 3.93. The summed E-state index contributed by atoms with van der Waals surface area (Å²) in [5.41, 5.74) is 2.19. The third kappa shape index (κ3) is 4.55. The van der Waals surface area contributed by atoms with Gasteiger partial charge in [0.2, 0.25) is 0 Å². The summed E-state index contributed by atoms with van der Waals surface area (Å²) in [6.07, 6.45) is 4.20. The second kappa shape index (κ2) is 9.83. The van der Waals surface area contributed by atoms with E-state index in [1.807, 2.05) is 43.1 Å². The molecule has 4 rings (SSSR count). The van der Waals surface area contributed by atoms with Gasteiger partial charge in [0, 0.05) is 25.3 Å². The molecule has 2 aromatic rings. The first kappa shape index (κ1) is 23.1. The first-order chi connectivity index (χ1) is 16.0. The number of carbonyl (C=O) groups is 2. The van der Waals surface area contributed by atoms with Crippen LogP contribution in [0, 0.1) is 0 Å².